The third kappa shape index (κ3) is 3.59. The Morgan fingerprint density at radius 3 is 2.81 bits per heavy atom. The van der Waals surface area contributed by atoms with Crippen LogP contribution in [0.1, 0.15) is 0 Å². The summed E-state index contributed by atoms with van der Waals surface area (Å²) in [4.78, 5) is 2.36. The number of halogens is 1. The van der Waals surface area contributed by atoms with Crippen LogP contribution in [-0.4, -0.2) is 54.5 Å². The van der Waals surface area contributed by atoms with Crippen LogP contribution in [0.15, 0.2) is 12.1 Å². The van der Waals surface area contributed by atoms with E-state index in [2.05, 4.69) is 20.4 Å². The van der Waals surface area contributed by atoms with Crippen molar-refractivity contribution in [3.8, 4) is 0 Å². The van der Waals surface area contributed by atoms with E-state index in [1.54, 1.807) is 6.07 Å². The first-order valence-electron chi connectivity index (χ1n) is 5.38. The Balaban J connectivity index is 1.69. The van der Waals surface area contributed by atoms with Gasteiger partial charge in [-0.2, -0.15) is 0 Å². The number of hydrogen-bond acceptors (Lipinski definition) is 5. The third-order valence-corrected chi connectivity index (χ3v) is 2.67. The molecule has 0 radical (unpaired) electrons. The lowest BCUT2D eigenvalue weighted by molar-refractivity contribution is 0.0398. The molecule has 1 aliphatic heterocycles. The Morgan fingerprint density at radius 1 is 1.31 bits per heavy atom. The lowest BCUT2D eigenvalue weighted by Gasteiger charge is -2.26. The molecule has 1 aromatic rings. The molecule has 1 fully saturated rings. The average molecular weight is 243 g/mol. The zero-order chi connectivity index (χ0) is 11.2. The summed E-state index contributed by atoms with van der Waals surface area (Å²) in [6, 6.07) is 3.56. The largest absolute Gasteiger partial charge is 0.379 e. The quantitative estimate of drug-likeness (QED) is 0.849. The summed E-state index contributed by atoms with van der Waals surface area (Å²) in [5, 5.41) is 11.3. The summed E-state index contributed by atoms with van der Waals surface area (Å²) in [6.45, 7) is 5.54. The van der Waals surface area contributed by atoms with E-state index in [0.29, 0.717) is 5.15 Å². The van der Waals surface area contributed by atoms with E-state index in [-0.39, 0.29) is 0 Å². The number of nitrogens with one attached hydrogen (secondary N) is 1. The number of rotatable bonds is 4. The molecule has 6 heteroatoms. The molecule has 0 aliphatic carbocycles. The Morgan fingerprint density at radius 2 is 2.12 bits per heavy atom. The van der Waals surface area contributed by atoms with Crippen LogP contribution in [0.4, 0.5) is 5.82 Å². The monoisotopic (exact) mass is 242 g/mol. The molecule has 0 unspecified atom stereocenters. The summed E-state index contributed by atoms with van der Waals surface area (Å²) in [5.74, 6) is 0.762. The standard InChI is InChI=1S/C10H15ClN4O/c11-9-1-2-10(14-13-9)12-3-4-15-5-7-16-8-6-15/h1-2H,3-8H2,(H,12,14). The lowest BCUT2D eigenvalue weighted by atomic mass is 10.4. The van der Waals surface area contributed by atoms with Gasteiger partial charge in [0.1, 0.15) is 5.82 Å². The fourth-order valence-corrected chi connectivity index (χ4v) is 1.68. The Bertz CT molecular complexity index is 313. The topological polar surface area (TPSA) is 50.3 Å². The van der Waals surface area contributed by atoms with Crippen LogP contribution in [-0.2, 0) is 4.74 Å². The van der Waals surface area contributed by atoms with Crippen molar-refractivity contribution in [2.75, 3.05) is 44.7 Å². The van der Waals surface area contributed by atoms with Crippen LogP contribution in [0.3, 0.4) is 0 Å². The van der Waals surface area contributed by atoms with Crippen molar-refractivity contribution < 1.29 is 4.74 Å². The first kappa shape index (κ1) is 11.6. The van der Waals surface area contributed by atoms with Crippen LogP contribution < -0.4 is 5.32 Å². The highest BCUT2D eigenvalue weighted by atomic mass is 35.5. The molecular formula is C10H15ClN4O. The van der Waals surface area contributed by atoms with Gasteiger partial charge < -0.3 is 10.1 Å². The van der Waals surface area contributed by atoms with Gasteiger partial charge in [-0.25, -0.2) is 0 Å². The second kappa shape index (κ2) is 5.98. The van der Waals surface area contributed by atoms with E-state index in [0.717, 1.165) is 45.2 Å². The van der Waals surface area contributed by atoms with Gasteiger partial charge in [0.25, 0.3) is 0 Å². The zero-order valence-corrected chi connectivity index (χ0v) is 9.78. The maximum Gasteiger partial charge on any atom is 0.151 e. The minimum absolute atomic E-state index is 0.415. The van der Waals surface area contributed by atoms with Gasteiger partial charge in [-0.05, 0) is 12.1 Å². The predicted octanol–water partition coefficient (Wildman–Crippen LogP) is 0.874. The summed E-state index contributed by atoms with van der Waals surface area (Å²) >= 11 is 5.64. The van der Waals surface area contributed by atoms with Crippen molar-refractivity contribution in [3.05, 3.63) is 17.3 Å². The minimum atomic E-state index is 0.415. The van der Waals surface area contributed by atoms with Gasteiger partial charge >= 0.3 is 0 Å². The smallest absolute Gasteiger partial charge is 0.151 e. The predicted molar refractivity (Wildman–Crippen MR) is 62.8 cm³/mol. The van der Waals surface area contributed by atoms with E-state index < -0.39 is 0 Å². The molecule has 1 saturated heterocycles. The van der Waals surface area contributed by atoms with Crippen LogP contribution in [0, 0.1) is 0 Å². The summed E-state index contributed by atoms with van der Waals surface area (Å²) in [5.41, 5.74) is 0. The second-order valence-corrected chi connectivity index (χ2v) is 4.01. The number of anilines is 1. The van der Waals surface area contributed by atoms with Crippen molar-refractivity contribution in [2.45, 2.75) is 0 Å². The number of aromatic nitrogens is 2. The lowest BCUT2D eigenvalue weighted by Crippen LogP contribution is -2.39. The van der Waals surface area contributed by atoms with Gasteiger partial charge in [-0.1, -0.05) is 11.6 Å². The second-order valence-electron chi connectivity index (χ2n) is 3.62. The highest BCUT2D eigenvalue weighted by molar-refractivity contribution is 6.29. The highest BCUT2D eigenvalue weighted by Gasteiger charge is 2.09. The average Bonchev–Trinajstić information content (AvgIpc) is 2.33. The molecule has 1 aromatic heterocycles. The molecule has 0 spiro atoms. The van der Waals surface area contributed by atoms with Crippen LogP contribution in [0.2, 0.25) is 5.15 Å². The molecule has 0 amide bonds. The van der Waals surface area contributed by atoms with Gasteiger partial charge in [0.05, 0.1) is 13.2 Å². The van der Waals surface area contributed by atoms with Gasteiger partial charge in [-0.3, -0.25) is 4.90 Å². The first-order valence-corrected chi connectivity index (χ1v) is 5.75. The SMILES string of the molecule is Clc1ccc(NCCN2CCOCC2)nn1. The maximum absolute atomic E-state index is 5.64. The van der Waals surface area contributed by atoms with Crippen molar-refractivity contribution in [1.82, 2.24) is 15.1 Å². The Kier molecular flexibility index (Phi) is 4.33. The van der Waals surface area contributed by atoms with Gasteiger partial charge in [0.15, 0.2) is 5.15 Å². The molecule has 1 N–H and O–H groups in total. The normalized spacial score (nSPS) is 17.3. The molecule has 2 heterocycles. The number of ether oxygens (including phenoxy) is 1. The zero-order valence-electron chi connectivity index (χ0n) is 9.03. The molecule has 0 bridgehead atoms. The Hall–Kier alpha value is -0.910. The van der Waals surface area contributed by atoms with Crippen molar-refractivity contribution >= 4 is 17.4 Å². The fourth-order valence-electron chi connectivity index (χ4n) is 1.58. The van der Waals surface area contributed by atoms with Gasteiger partial charge in [0, 0.05) is 26.2 Å². The number of nitrogens with zero attached hydrogens (tertiary/aromatic N) is 3. The van der Waals surface area contributed by atoms with E-state index in [9.17, 15) is 0 Å². The molecule has 2 rings (SSSR count). The van der Waals surface area contributed by atoms with Crippen LogP contribution in [0.5, 0.6) is 0 Å². The van der Waals surface area contributed by atoms with E-state index >= 15 is 0 Å². The molecule has 1 aliphatic rings. The maximum atomic E-state index is 5.64. The van der Waals surface area contributed by atoms with Gasteiger partial charge in [-0.15, -0.1) is 10.2 Å². The minimum Gasteiger partial charge on any atom is -0.379 e. The number of hydrogen-bond donors (Lipinski definition) is 1. The van der Waals surface area contributed by atoms with E-state index in [1.807, 2.05) is 6.07 Å². The molecule has 0 aromatic carbocycles. The third-order valence-electron chi connectivity index (χ3n) is 2.47. The van der Waals surface area contributed by atoms with Crippen molar-refractivity contribution in [3.63, 3.8) is 0 Å². The fraction of sp³-hybridized carbons (Fsp3) is 0.600. The number of morpholine rings is 1. The molecule has 5 nitrogen and oxygen atoms in total. The van der Waals surface area contributed by atoms with Gasteiger partial charge in [0.2, 0.25) is 0 Å². The Labute approximate surface area is 99.7 Å². The highest BCUT2D eigenvalue weighted by Crippen LogP contribution is 2.05. The molecule has 16 heavy (non-hydrogen) atoms. The molecular weight excluding hydrogens is 228 g/mol. The molecule has 88 valence electrons. The van der Waals surface area contributed by atoms with Crippen molar-refractivity contribution in [1.29, 1.82) is 0 Å². The summed E-state index contributed by atoms with van der Waals surface area (Å²) in [6.07, 6.45) is 0. The molecule has 0 atom stereocenters. The van der Waals surface area contributed by atoms with E-state index in [1.165, 1.54) is 0 Å². The summed E-state index contributed by atoms with van der Waals surface area (Å²) in [7, 11) is 0. The first-order chi connectivity index (χ1) is 7.84. The van der Waals surface area contributed by atoms with Crippen LogP contribution >= 0.6 is 11.6 Å². The van der Waals surface area contributed by atoms with Crippen LogP contribution in [0.25, 0.3) is 0 Å². The van der Waals surface area contributed by atoms with Crippen molar-refractivity contribution in [2.24, 2.45) is 0 Å². The summed E-state index contributed by atoms with van der Waals surface area (Å²) < 4.78 is 5.28. The van der Waals surface area contributed by atoms with E-state index in [4.69, 9.17) is 16.3 Å². The molecule has 0 saturated carbocycles.